The number of aromatic nitrogens is 2. The summed E-state index contributed by atoms with van der Waals surface area (Å²) < 4.78 is 10.9. The van der Waals surface area contributed by atoms with Gasteiger partial charge in [-0.3, -0.25) is 0 Å². The summed E-state index contributed by atoms with van der Waals surface area (Å²) in [4.78, 5) is 4.62. The minimum atomic E-state index is -0.376. The number of hydrogen-bond acceptors (Lipinski definition) is 5. The Bertz CT molecular complexity index is 432. The van der Waals surface area contributed by atoms with E-state index < -0.39 is 0 Å². The average molecular weight is 279 g/mol. The molecule has 0 amide bonds. The van der Waals surface area contributed by atoms with Gasteiger partial charge in [0.25, 0.3) is 0 Å². The lowest BCUT2D eigenvalue weighted by Crippen LogP contribution is -2.41. The van der Waals surface area contributed by atoms with E-state index in [2.05, 4.69) is 17.1 Å². The van der Waals surface area contributed by atoms with Crippen LogP contribution in [-0.4, -0.2) is 23.4 Å². The van der Waals surface area contributed by atoms with Gasteiger partial charge >= 0.3 is 0 Å². The molecule has 2 N–H and O–H groups in total. The van der Waals surface area contributed by atoms with E-state index >= 15 is 0 Å². The fraction of sp³-hybridized carbons (Fsp3) is 0.867. The van der Waals surface area contributed by atoms with Gasteiger partial charge in [0.1, 0.15) is 0 Å². The zero-order valence-electron chi connectivity index (χ0n) is 12.3. The summed E-state index contributed by atoms with van der Waals surface area (Å²) in [6, 6.07) is 0. The van der Waals surface area contributed by atoms with Gasteiger partial charge in [-0.2, -0.15) is 4.98 Å². The van der Waals surface area contributed by atoms with Crippen LogP contribution >= 0.6 is 0 Å². The second-order valence-corrected chi connectivity index (χ2v) is 6.35. The molecule has 0 bridgehead atoms. The lowest BCUT2D eigenvalue weighted by molar-refractivity contribution is 0.0778. The molecule has 1 aromatic heterocycles. The van der Waals surface area contributed by atoms with Gasteiger partial charge in [0, 0.05) is 19.1 Å². The second-order valence-electron chi connectivity index (χ2n) is 6.35. The first-order valence-corrected chi connectivity index (χ1v) is 7.92. The van der Waals surface area contributed by atoms with E-state index in [-0.39, 0.29) is 5.54 Å². The highest BCUT2D eigenvalue weighted by Crippen LogP contribution is 2.38. The predicted octanol–water partition coefficient (Wildman–Crippen LogP) is 2.72. The standard InChI is InChI=1S/C15H25N3O2/c1-2-11-3-7-15(16,8-4-11)14-17-13(20-18-14)12-5-9-19-10-6-12/h11-12H,2-10,16H2,1H3. The third kappa shape index (κ3) is 2.74. The molecular weight excluding hydrogens is 254 g/mol. The number of nitrogens with zero attached hydrogens (tertiary/aromatic N) is 2. The van der Waals surface area contributed by atoms with Crippen molar-refractivity contribution in [2.45, 2.75) is 63.3 Å². The molecule has 1 aliphatic carbocycles. The van der Waals surface area contributed by atoms with Crippen LogP contribution in [0.4, 0.5) is 0 Å². The summed E-state index contributed by atoms with van der Waals surface area (Å²) in [6.07, 6.45) is 7.47. The summed E-state index contributed by atoms with van der Waals surface area (Å²) in [5.41, 5.74) is 6.15. The summed E-state index contributed by atoms with van der Waals surface area (Å²) in [5, 5.41) is 4.19. The molecule has 0 aromatic carbocycles. The van der Waals surface area contributed by atoms with Gasteiger partial charge in [0.15, 0.2) is 5.82 Å². The molecule has 112 valence electrons. The Kier molecular flexibility index (Phi) is 4.08. The third-order valence-electron chi connectivity index (χ3n) is 5.03. The minimum Gasteiger partial charge on any atom is -0.381 e. The fourth-order valence-corrected chi connectivity index (χ4v) is 3.37. The number of rotatable bonds is 3. The van der Waals surface area contributed by atoms with Crippen LogP contribution in [0.5, 0.6) is 0 Å². The van der Waals surface area contributed by atoms with E-state index in [1.54, 1.807) is 0 Å². The van der Waals surface area contributed by atoms with Crippen molar-refractivity contribution in [3.8, 4) is 0 Å². The maximum Gasteiger partial charge on any atom is 0.230 e. The maximum atomic E-state index is 6.53. The fourth-order valence-electron chi connectivity index (χ4n) is 3.37. The lowest BCUT2D eigenvalue weighted by Gasteiger charge is -2.34. The van der Waals surface area contributed by atoms with Gasteiger partial charge in [-0.1, -0.05) is 18.5 Å². The first kappa shape index (κ1) is 14.0. The summed E-state index contributed by atoms with van der Waals surface area (Å²) in [6.45, 7) is 3.83. The quantitative estimate of drug-likeness (QED) is 0.920. The van der Waals surface area contributed by atoms with Gasteiger partial charge in [-0.15, -0.1) is 0 Å². The Morgan fingerprint density at radius 2 is 1.90 bits per heavy atom. The topological polar surface area (TPSA) is 74.2 Å². The van der Waals surface area contributed by atoms with E-state index in [1.165, 1.54) is 19.3 Å². The van der Waals surface area contributed by atoms with Crippen LogP contribution in [0.1, 0.15) is 69.5 Å². The summed E-state index contributed by atoms with van der Waals surface area (Å²) >= 11 is 0. The second kappa shape index (κ2) is 5.82. The van der Waals surface area contributed by atoms with Crippen molar-refractivity contribution >= 4 is 0 Å². The van der Waals surface area contributed by atoms with Gasteiger partial charge < -0.3 is 15.0 Å². The largest absolute Gasteiger partial charge is 0.381 e. The van der Waals surface area contributed by atoms with Crippen LogP contribution in [0.3, 0.4) is 0 Å². The van der Waals surface area contributed by atoms with E-state index in [4.69, 9.17) is 15.0 Å². The van der Waals surface area contributed by atoms with Crippen LogP contribution in [0.2, 0.25) is 0 Å². The highest BCUT2D eigenvalue weighted by molar-refractivity contribution is 5.07. The molecule has 2 heterocycles. The van der Waals surface area contributed by atoms with Crippen LogP contribution in [0.25, 0.3) is 0 Å². The molecule has 5 heteroatoms. The number of ether oxygens (including phenoxy) is 1. The Morgan fingerprint density at radius 1 is 1.20 bits per heavy atom. The maximum absolute atomic E-state index is 6.53. The zero-order valence-corrected chi connectivity index (χ0v) is 12.3. The molecule has 0 atom stereocenters. The van der Waals surface area contributed by atoms with Crippen molar-refractivity contribution in [2.24, 2.45) is 11.7 Å². The lowest BCUT2D eigenvalue weighted by atomic mass is 9.76. The SMILES string of the molecule is CCC1CCC(N)(c2noc(C3CCOCC3)n2)CC1. The van der Waals surface area contributed by atoms with Crippen LogP contribution in [0.15, 0.2) is 4.52 Å². The highest BCUT2D eigenvalue weighted by atomic mass is 16.5. The molecule has 1 aliphatic heterocycles. The van der Waals surface area contributed by atoms with E-state index in [0.717, 1.165) is 50.7 Å². The van der Waals surface area contributed by atoms with Crippen molar-refractivity contribution in [3.05, 3.63) is 11.7 Å². The Morgan fingerprint density at radius 3 is 2.55 bits per heavy atom. The zero-order chi connectivity index (χ0) is 14.0. The van der Waals surface area contributed by atoms with E-state index in [0.29, 0.717) is 11.7 Å². The van der Waals surface area contributed by atoms with Gasteiger partial charge in [0.05, 0.1) is 5.54 Å². The number of nitrogens with two attached hydrogens (primary N) is 1. The molecule has 1 aromatic rings. The monoisotopic (exact) mass is 279 g/mol. The minimum absolute atomic E-state index is 0.348. The molecule has 1 saturated carbocycles. The van der Waals surface area contributed by atoms with Gasteiger partial charge in [0.2, 0.25) is 5.89 Å². The van der Waals surface area contributed by atoms with Crippen LogP contribution < -0.4 is 5.73 Å². The third-order valence-corrected chi connectivity index (χ3v) is 5.03. The van der Waals surface area contributed by atoms with Crippen molar-refractivity contribution < 1.29 is 9.26 Å². The molecule has 0 unspecified atom stereocenters. The molecule has 0 radical (unpaired) electrons. The Hall–Kier alpha value is -0.940. The Balaban J connectivity index is 1.69. The molecule has 1 saturated heterocycles. The van der Waals surface area contributed by atoms with Crippen molar-refractivity contribution in [3.63, 3.8) is 0 Å². The summed E-state index contributed by atoms with van der Waals surface area (Å²) in [5.74, 6) is 2.63. The molecule has 0 spiro atoms. The molecule has 3 rings (SSSR count). The Labute approximate surface area is 120 Å². The van der Waals surface area contributed by atoms with E-state index in [9.17, 15) is 0 Å². The first-order chi connectivity index (χ1) is 9.71. The van der Waals surface area contributed by atoms with Crippen molar-refractivity contribution in [1.29, 1.82) is 0 Å². The molecule has 5 nitrogen and oxygen atoms in total. The van der Waals surface area contributed by atoms with Crippen molar-refractivity contribution in [1.82, 2.24) is 10.1 Å². The van der Waals surface area contributed by atoms with Crippen molar-refractivity contribution in [2.75, 3.05) is 13.2 Å². The normalized spacial score (nSPS) is 32.4. The number of hydrogen-bond donors (Lipinski definition) is 1. The van der Waals surface area contributed by atoms with Crippen LogP contribution in [0, 0.1) is 5.92 Å². The van der Waals surface area contributed by atoms with Gasteiger partial charge in [-0.25, -0.2) is 0 Å². The molecular formula is C15H25N3O2. The molecule has 2 fully saturated rings. The predicted molar refractivity (Wildman–Crippen MR) is 75.2 cm³/mol. The molecule has 2 aliphatic rings. The molecule has 20 heavy (non-hydrogen) atoms. The highest BCUT2D eigenvalue weighted by Gasteiger charge is 2.37. The van der Waals surface area contributed by atoms with Crippen LogP contribution in [-0.2, 0) is 10.3 Å². The van der Waals surface area contributed by atoms with E-state index in [1.807, 2.05) is 0 Å². The smallest absolute Gasteiger partial charge is 0.230 e. The first-order valence-electron chi connectivity index (χ1n) is 7.92. The average Bonchev–Trinajstić information content (AvgIpc) is 3.00. The van der Waals surface area contributed by atoms with Gasteiger partial charge in [-0.05, 0) is 44.4 Å². The summed E-state index contributed by atoms with van der Waals surface area (Å²) in [7, 11) is 0.